The highest BCUT2D eigenvalue weighted by molar-refractivity contribution is 7.13. The maximum absolute atomic E-state index is 12.2. The summed E-state index contributed by atoms with van der Waals surface area (Å²) in [6.45, 7) is 2.58. The first kappa shape index (κ1) is 14.7. The van der Waals surface area contributed by atoms with E-state index in [1.165, 1.54) is 0 Å². The average molecular weight is 315 g/mol. The van der Waals surface area contributed by atoms with Crippen molar-refractivity contribution in [3.63, 3.8) is 0 Å². The molecule has 2 aromatic rings. The Morgan fingerprint density at radius 2 is 2.18 bits per heavy atom. The minimum absolute atomic E-state index is 0.0716. The van der Waals surface area contributed by atoms with Gasteiger partial charge in [0.25, 0.3) is 0 Å². The Labute approximate surface area is 132 Å². The zero-order valence-electron chi connectivity index (χ0n) is 12.3. The van der Waals surface area contributed by atoms with Crippen LogP contribution in [0.25, 0.3) is 10.6 Å². The lowest BCUT2D eigenvalue weighted by Crippen LogP contribution is -2.40. The number of benzene rings is 1. The molecule has 0 aliphatic carbocycles. The molecule has 3 rings (SSSR count). The standard InChI is InChI=1S/C16H17N3O2S/c1-16(7-13(20)18-10-16)15(21)17-8-12-9-22-14(19-12)11-5-3-2-4-6-11/h2-6,9H,7-8,10H2,1H3,(H,17,21)(H,18,20). The molecule has 114 valence electrons. The van der Waals surface area contributed by atoms with Gasteiger partial charge in [0.2, 0.25) is 11.8 Å². The van der Waals surface area contributed by atoms with Crippen molar-refractivity contribution in [2.24, 2.45) is 5.41 Å². The number of nitrogens with zero attached hydrogens (tertiary/aromatic N) is 1. The third kappa shape index (κ3) is 3.01. The van der Waals surface area contributed by atoms with Crippen LogP contribution in [0.15, 0.2) is 35.7 Å². The van der Waals surface area contributed by atoms with Gasteiger partial charge in [-0.05, 0) is 6.92 Å². The van der Waals surface area contributed by atoms with Crippen molar-refractivity contribution < 1.29 is 9.59 Å². The van der Waals surface area contributed by atoms with E-state index in [0.29, 0.717) is 13.1 Å². The lowest BCUT2D eigenvalue weighted by Gasteiger charge is -2.19. The second kappa shape index (κ2) is 5.88. The Morgan fingerprint density at radius 1 is 1.41 bits per heavy atom. The summed E-state index contributed by atoms with van der Waals surface area (Å²) in [6.07, 6.45) is 0.241. The molecule has 5 nitrogen and oxygen atoms in total. The summed E-state index contributed by atoms with van der Waals surface area (Å²) in [5.74, 6) is -0.183. The number of thiazole rings is 1. The second-order valence-electron chi connectivity index (χ2n) is 5.71. The number of hydrogen-bond acceptors (Lipinski definition) is 4. The molecule has 1 aromatic carbocycles. The molecule has 0 spiro atoms. The van der Waals surface area contributed by atoms with Crippen LogP contribution in [0.4, 0.5) is 0 Å². The molecule has 0 saturated carbocycles. The van der Waals surface area contributed by atoms with Gasteiger partial charge in [-0.25, -0.2) is 4.98 Å². The van der Waals surface area contributed by atoms with Crippen LogP contribution in [0.5, 0.6) is 0 Å². The summed E-state index contributed by atoms with van der Waals surface area (Å²) >= 11 is 1.56. The van der Waals surface area contributed by atoms with Gasteiger partial charge in [-0.15, -0.1) is 11.3 Å². The molecule has 2 heterocycles. The fraction of sp³-hybridized carbons (Fsp3) is 0.312. The van der Waals surface area contributed by atoms with E-state index < -0.39 is 5.41 Å². The van der Waals surface area contributed by atoms with E-state index >= 15 is 0 Å². The minimum atomic E-state index is -0.657. The van der Waals surface area contributed by atoms with Gasteiger partial charge in [-0.2, -0.15) is 0 Å². The highest BCUT2D eigenvalue weighted by Crippen LogP contribution is 2.26. The predicted molar refractivity (Wildman–Crippen MR) is 85.1 cm³/mol. The third-order valence-electron chi connectivity index (χ3n) is 3.78. The monoisotopic (exact) mass is 315 g/mol. The van der Waals surface area contributed by atoms with E-state index in [1.54, 1.807) is 18.3 Å². The van der Waals surface area contributed by atoms with Crippen LogP contribution in [0.1, 0.15) is 19.0 Å². The Hall–Kier alpha value is -2.21. The molecule has 0 bridgehead atoms. The molecule has 2 amide bonds. The van der Waals surface area contributed by atoms with Gasteiger partial charge in [0, 0.05) is 23.9 Å². The summed E-state index contributed by atoms with van der Waals surface area (Å²) in [6, 6.07) is 9.94. The van der Waals surface area contributed by atoms with Crippen molar-refractivity contribution in [3.05, 3.63) is 41.4 Å². The summed E-state index contributed by atoms with van der Waals surface area (Å²) in [5.41, 5.74) is 1.25. The van der Waals surface area contributed by atoms with Crippen molar-refractivity contribution in [1.29, 1.82) is 0 Å². The topological polar surface area (TPSA) is 71.1 Å². The van der Waals surface area contributed by atoms with Crippen molar-refractivity contribution in [2.45, 2.75) is 19.9 Å². The van der Waals surface area contributed by atoms with Crippen LogP contribution in [-0.2, 0) is 16.1 Å². The maximum atomic E-state index is 12.2. The minimum Gasteiger partial charge on any atom is -0.355 e. The Bertz CT molecular complexity index is 698. The Balaban J connectivity index is 1.62. The molecular weight excluding hydrogens is 298 g/mol. The van der Waals surface area contributed by atoms with Crippen molar-refractivity contribution in [3.8, 4) is 10.6 Å². The van der Waals surface area contributed by atoms with E-state index in [2.05, 4.69) is 15.6 Å². The van der Waals surface area contributed by atoms with Gasteiger partial charge >= 0.3 is 0 Å². The van der Waals surface area contributed by atoms with Crippen LogP contribution in [0.3, 0.4) is 0 Å². The lowest BCUT2D eigenvalue weighted by molar-refractivity contribution is -0.131. The van der Waals surface area contributed by atoms with E-state index in [-0.39, 0.29) is 18.2 Å². The van der Waals surface area contributed by atoms with Gasteiger partial charge in [0.15, 0.2) is 0 Å². The summed E-state index contributed by atoms with van der Waals surface area (Å²) < 4.78 is 0. The predicted octanol–water partition coefficient (Wildman–Crippen LogP) is 1.95. The number of carbonyl (C=O) groups excluding carboxylic acids is 2. The molecule has 1 aromatic heterocycles. The molecule has 22 heavy (non-hydrogen) atoms. The fourth-order valence-electron chi connectivity index (χ4n) is 2.42. The van der Waals surface area contributed by atoms with E-state index in [0.717, 1.165) is 16.3 Å². The second-order valence-corrected chi connectivity index (χ2v) is 6.56. The number of hydrogen-bond donors (Lipinski definition) is 2. The fourth-order valence-corrected chi connectivity index (χ4v) is 3.25. The van der Waals surface area contributed by atoms with Crippen molar-refractivity contribution in [2.75, 3.05) is 6.54 Å². The molecule has 0 radical (unpaired) electrons. The van der Waals surface area contributed by atoms with Gasteiger partial charge in [-0.3, -0.25) is 9.59 Å². The van der Waals surface area contributed by atoms with Crippen molar-refractivity contribution in [1.82, 2.24) is 15.6 Å². The summed E-state index contributed by atoms with van der Waals surface area (Å²) in [7, 11) is 0. The molecule has 1 saturated heterocycles. The molecule has 1 aliphatic rings. The zero-order chi connectivity index (χ0) is 15.6. The van der Waals surface area contributed by atoms with Crippen LogP contribution < -0.4 is 10.6 Å². The SMILES string of the molecule is CC1(C(=O)NCc2csc(-c3ccccc3)n2)CNC(=O)C1. The summed E-state index contributed by atoms with van der Waals surface area (Å²) in [5, 5.41) is 8.47. The van der Waals surface area contributed by atoms with Crippen LogP contribution in [0, 0.1) is 5.41 Å². The first-order valence-electron chi connectivity index (χ1n) is 7.12. The number of rotatable bonds is 4. The zero-order valence-corrected chi connectivity index (χ0v) is 13.1. The molecule has 1 atom stereocenters. The van der Waals surface area contributed by atoms with E-state index in [4.69, 9.17) is 0 Å². The van der Waals surface area contributed by atoms with Gasteiger partial charge in [0.1, 0.15) is 5.01 Å². The molecular formula is C16H17N3O2S. The highest BCUT2D eigenvalue weighted by Gasteiger charge is 2.40. The number of nitrogens with one attached hydrogen (secondary N) is 2. The third-order valence-corrected chi connectivity index (χ3v) is 4.72. The highest BCUT2D eigenvalue weighted by atomic mass is 32.1. The smallest absolute Gasteiger partial charge is 0.228 e. The first-order chi connectivity index (χ1) is 10.6. The number of aromatic nitrogens is 1. The first-order valence-corrected chi connectivity index (χ1v) is 8.00. The lowest BCUT2D eigenvalue weighted by atomic mass is 9.88. The molecule has 1 fully saturated rings. The van der Waals surface area contributed by atoms with Crippen LogP contribution in [0.2, 0.25) is 0 Å². The molecule has 2 N–H and O–H groups in total. The molecule has 1 aliphatic heterocycles. The largest absolute Gasteiger partial charge is 0.355 e. The van der Waals surface area contributed by atoms with Gasteiger partial charge < -0.3 is 10.6 Å². The Kier molecular flexibility index (Phi) is 3.94. The quantitative estimate of drug-likeness (QED) is 0.906. The molecule has 1 unspecified atom stereocenters. The normalized spacial score (nSPS) is 20.7. The number of amides is 2. The van der Waals surface area contributed by atoms with Gasteiger partial charge in [0.05, 0.1) is 17.7 Å². The van der Waals surface area contributed by atoms with Crippen LogP contribution in [-0.4, -0.2) is 23.3 Å². The van der Waals surface area contributed by atoms with E-state index in [9.17, 15) is 9.59 Å². The Morgan fingerprint density at radius 3 is 2.86 bits per heavy atom. The molecule has 6 heteroatoms. The average Bonchev–Trinajstić information content (AvgIpc) is 3.13. The van der Waals surface area contributed by atoms with Crippen molar-refractivity contribution >= 4 is 23.2 Å². The summed E-state index contributed by atoms with van der Waals surface area (Å²) in [4.78, 5) is 28.1. The van der Waals surface area contributed by atoms with E-state index in [1.807, 2.05) is 35.7 Å². The number of carbonyl (C=O) groups is 2. The van der Waals surface area contributed by atoms with Gasteiger partial charge in [-0.1, -0.05) is 30.3 Å². The maximum Gasteiger partial charge on any atom is 0.228 e. The van der Waals surface area contributed by atoms with Crippen LogP contribution >= 0.6 is 11.3 Å².